The highest BCUT2D eigenvalue weighted by atomic mass is 32.1. The van der Waals surface area contributed by atoms with Gasteiger partial charge in [-0.05, 0) is 19.1 Å². The van der Waals surface area contributed by atoms with E-state index in [1.807, 2.05) is 24.4 Å². The molecular weight excluding hydrogens is 362 g/mol. The normalized spacial score (nSPS) is 20.3. The number of ether oxygens (including phenoxy) is 1. The Hall–Kier alpha value is -2.45. The van der Waals surface area contributed by atoms with Gasteiger partial charge in [0.25, 0.3) is 0 Å². The highest BCUT2D eigenvalue weighted by Crippen LogP contribution is 2.28. The van der Waals surface area contributed by atoms with Gasteiger partial charge in [0.05, 0.1) is 0 Å². The molecule has 3 N–H and O–H groups in total. The van der Waals surface area contributed by atoms with E-state index < -0.39 is 0 Å². The smallest absolute Gasteiger partial charge is 0.223 e. The molecule has 1 aliphatic heterocycles. The Labute approximate surface area is 163 Å². The molecule has 1 saturated heterocycles. The summed E-state index contributed by atoms with van der Waals surface area (Å²) in [4.78, 5) is 22.9. The van der Waals surface area contributed by atoms with Crippen LogP contribution in [0.25, 0.3) is 0 Å². The van der Waals surface area contributed by atoms with Crippen molar-refractivity contribution in [1.82, 2.24) is 9.88 Å². The number of hydrogen-bond acceptors (Lipinski definition) is 7. The number of hydrogen-bond donors (Lipinski definition) is 2. The molecule has 3 rings (SSSR count). The molecule has 1 aromatic carbocycles. The third kappa shape index (κ3) is 5.05. The number of nitrogens with zero attached hydrogens (tertiary/aromatic N) is 3. The van der Waals surface area contributed by atoms with Crippen molar-refractivity contribution in [3.05, 3.63) is 34.8 Å². The summed E-state index contributed by atoms with van der Waals surface area (Å²) in [7, 11) is 1.72. The number of nitrogen functional groups attached to an aromatic ring is 1. The summed E-state index contributed by atoms with van der Waals surface area (Å²) >= 11 is 1.51. The number of amides is 1. The van der Waals surface area contributed by atoms with Gasteiger partial charge in [0, 0.05) is 74.1 Å². The highest BCUT2D eigenvalue weighted by molar-refractivity contribution is 7.15. The maximum atomic E-state index is 11.1. The molecule has 0 radical (unpaired) electrons. The van der Waals surface area contributed by atoms with Crippen LogP contribution < -0.4 is 15.8 Å². The fourth-order valence-corrected chi connectivity index (χ4v) is 4.10. The monoisotopic (exact) mass is 387 g/mol. The minimum Gasteiger partial charge on any atom is -0.489 e. The van der Waals surface area contributed by atoms with Gasteiger partial charge in [-0.3, -0.25) is 14.7 Å². The number of nitrogens with two attached hydrogens (primary N) is 1. The molecule has 7 nitrogen and oxygen atoms in total. The SMILES string of the molecule is CN=Cc1ccc(O[C@@H]2C[C@H](C)N(Cc3cnc(NC(C)=O)s3)C2)cc1N. The molecule has 27 heavy (non-hydrogen) atoms. The lowest BCUT2D eigenvalue weighted by Crippen LogP contribution is -2.27. The molecule has 2 atom stereocenters. The van der Waals surface area contributed by atoms with E-state index in [9.17, 15) is 4.79 Å². The van der Waals surface area contributed by atoms with E-state index in [1.54, 1.807) is 13.3 Å². The minimum absolute atomic E-state index is 0.102. The van der Waals surface area contributed by atoms with Gasteiger partial charge in [-0.1, -0.05) is 0 Å². The first-order valence-corrected chi connectivity index (χ1v) is 9.71. The van der Waals surface area contributed by atoms with Gasteiger partial charge in [-0.15, -0.1) is 11.3 Å². The number of nitrogens with one attached hydrogen (secondary N) is 1. The Morgan fingerprint density at radius 1 is 1.56 bits per heavy atom. The standard InChI is InChI=1S/C19H25N5O2S/c1-12-6-16(26-15-5-4-14(8-21-3)18(20)7-15)10-24(12)11-17-9-22-19(27-17)23-13(2)25/h4-5,7-9,12,16H,6,10-11,20H2,1-3H3,(H,22,23,25)/t12-,16+/m0/s1. The summed E-state index contributed by atoms with van der Waals surface area (Å²) in [5.74, 6) is 0.681. The van der Waals surface area contributed by atoms with E-state index in [-0.39, 0.29) is 12.0 Å². The molecule has 8 heteroatoms. The van der Waals surface area contributed by atoms with Crippen molar-refractivity contribution in [3.8, 4) is 5.75 Å². The van der Waals surface area contributed by atoms with E-state index >= 15 is 0 Å². The maximum Gasteiger partial charge on any atom is 0.223 e. The molecule has 1 aromatic heterocycles. The van der Waals surface area contributed by atoms with Crippen LogP contribution in [0.15, 0.2) is 29.4 Å². The number of anilines is 2. The largest absolute Gasteiger partial charge is 0.489 e. The van der Waals surface area contributed by atoms with E-state index in [2.05, 4.69) is 27.1 Å². The Kier molecular flexibility index (Phi) is 6.08. The second kappa shape index (κ2) is 8.49. The van der Waals surface area contributed by atoms with Gasteiger partial charge in [0.15, 0.2) is 5.13 Å². The first kappa shape index (κ1) is 19.3. The summed E-state index contributed by atoms with van der Waals surface area (Å²) < 4.78 is 6.15. The van der Waals surface area contributed by atoms with Crippen LogP contribution in [0, 0.1) is 0 Å². The van der Waals surface area contributed by atoms with Crippen molar-refractivity contribution < 1.29 is 9.53 Å². The van der Waals surface area contributed by atoms with Crippen LogP contribution in [-0.4, -0.2) is 47.7 Å². The van der Waals surface area contributed by atoms with Crippen molar-refractivity contribution in [3.63, 3.8) is 0 Å². The van der Waals surface area contributed by atoms with Crippen LogP contribution in [0.2, 0.25) is 0 Å². The van der Waals surface area contributed by atoms with Crippen molar-refractivity contribution in [2.24, 2.45) is 4.99 Å². The number of aromatic nitrogens is 1. The van der Waals surface area contributed by atoms with Gasteiger partial charge in [0.1, 0.15) is 11.9 Å². The molecule has 1 amide bonds. The lowest BCUT2D eigenvalue weighted by atomic mass is 10.2. The summed E-state index contributed by atoms with van der Waals surface area (Å²) in [6.07, 6.45) is 4.64. The van der Waals surface area contributed by atoms with Gasteiger partial charge in [-0.25, -0.2) is 4.98 Å². The van der Waals surface area contributed by atoms with Crippen molar-refractivity contribution in [1.29, 1.82) is 0 Å². The molecular formula is C19H25N5O2S. The van der Waals surface area contributed by atoms with Gasteiger partial charge < -0.3 is 15.8 Å². The third-order valence-electron chi connectivity index (χ3n) is 4.49. The number of thiazole rings is 1. The second-order valence-corrected chi connectivity index (χ2v) is 7.86. The van der Waals surface area contributed by atoms with Crippen LogP contribution in [0.5, 0.6) is 5.75 Å². The van der Waals surface area contributed by atoms with Gasteiger partial charge in [0.2, 0.25) is 5.91 Å². The average Bonchev–Trinajstić information content (AvgIpc) is 3.16. The van der Waals surface area contributed by atoms with Crippen LogP contribution in [0.4, 0.5) is 10.8 Å². The Balaban J connectivity index is 1.58. The van der Waals surface area contributed by atoms with Crippen molar-refractivity contribution in [2.45, 2.75) is 39.0 Å². The number of likely N-dealkylation sites (tertiary alicyclic amines) is 1. The number of carbonyl (C=O) groups excluding carboxylic acids is 1. The van der Waals surface area contributed by atoms with Crippen molar-refractivity contribution in [2.75, 3.05) is 24.6 Å². The van der Waals surface area contributed by atoms with Crippen LogP contribution in [-0.2, 0) is 11.3 Å². The zero-order valence-electron chi connectivity index (χ0n) is 15.8. The summed E-state index contributed by atoms with van der Waals surface area (Å²) in [5.41, 5.74) is 7.62. The highest BCUT2D eigenvalue weighted by Gasteiger charge is 2.30. The Morgan fingerprint density at radius 2 is 2.37 bits per heavy atom. The number of carbonyl (C=O) groups is 1. The maximum absolute atomic E-state index is 11.1. The molecule has 0 aliphatic carbocycles. The lowest BCUT2D eigenvalue weighted by molar-refractivity contribution is -0.114. The van der Waals surface area contributed by atoms with E-state index in [0.717, 1.165) is 35.7 Å². The first-order valence-electron chi connectivity index (χ1n) is 8.89. The quantitative estimate of drug-likeness (QED) is 0.587. The predicted octanol–water partition coefficient (Wildman–Crippen LogP) is 2.77. The zero-order chi connectivity index (χ0) is 19.4. The second-order valence-electron chi connectivity index (χ2n) is 6.74. The van der Waals surface area contributed by atoms with Crippen LogP contribution >= 0.6 is 11.3 Å². The molecule has 0 spiro atoms. The average molecular weight is 388 g/mol. The molecule has 1 aliphatic rings. The fraction of sp³-hybridized carbons (Fsp3) is 0.421. The van der Waals surface area contributed by atoms with E-state index in [1.165, 1.54) is 18.3 Å². The first-order chi connectivity index (χ1) is 12.9. The summed E-state index contributed by atoms with van der Waals surface area (Å²) in [6, 6.07) is 6.12. The zero-order valence-corrected chi connectivity index (χ0v) is 16.6. The third-order valence-corrected chi connectivity index (χ3v) is 5.39. The molecule has 0 unspecified atom stereocenters. The minimum atomic E-state index is -0.102. The van der Waals surface area contributed by atoms with Crippen LogP contribution in [0.3, 0.4) is 0 Å². The van der Waals surface area contributed by atoms with Gasteiger partial charge in [-0.2, -0.15) is 0 Å². The topological polar surface area (TPSA) is 92.8 Å². The van der Waals surface area contributed by atoms with E-state index in [4.69, 9.17) is 10.5 Å². The molecule has 0 saturated carbocycles. The molecule has 144 valence electrons. The number of rotatable bonds is 6. The lowest BCUT2D eigenvalue weighted by Gasteiger charge is -2.19. The molecule has 0 bridgehead atoms. The molecule has 1 fully saturated rings. The van der Waals surface area contributed by atoms with Gasteiger partial charge >= 0.3 is 0 Å². The predicted molar refractivity (Wildman–Crippen MR) is 110 cm³/mol. The van der Waals surface area contributed by atoms with E-state index in [0.29, 0.717) is 16.9 Å². The van der Waals surface area contributed by atoms with Crippen LogP contribution in [0.1, 0.15) is 30.7 Å². The fourth-order valence-electron chi connectivity index (χ4n) is 3.22. The Bertz CT molecular complexity index is 835. The number of aliphatic imine (C=N–C) groups is 1. The molecule has 2 aromatic rings. The summed E-state index contributed by atoms with van der Waals surface area (Å²) in [5, 5.41) is 3.37. The Morgan fingerprint density at radius 3 is 3.07 bits per heavy atom. The molecule has 2 heterocycles. The number of benzene rings is 1. The summed E-state index contributed by atoms with van der Waals surface area (Å²) in [6.45, 7) is 5.33. The van der Waals surface area contributed by atoms with Crippen molar-refractivity contribution >= 4 is 34.3 Å².